The molecule has 0 spiro atoms. The first kappa shape index (κ1) is 23.7. The van der Waals surface area contributed by atoms with Crippen LogP contribution in [0.4, 0.5) is 10.1 Å². The number of carbonyl (C=O) groups excluding carboxylic acids is 1. The molecule has 0 aliphatic carbocycles. The summed E-state index contributed by atoms with van der Waals surface area (Å²) in [5.41, 5.74) is 3.51. The van der Waals surface area contributed by atoms with Crippen LogP contribution in [0.2, 0.25) is 0 Å². The molecule has 1 aromatic heterocycles. The summed E-state index contributed by atoms with van der Waals surface area (Å²) < 4.78 is 17.0. The number of amides is 1. The minimum atomic E-state index is -0.851. The minimum absolute atomic E-state index is 0. The van der Waals surface area contributed by atoms with Gasteiger partial charge < -0.3 is 10.2 Å². The largest absolute Gasteiger partial charge is 0.373 e. The van der Waals surface area contributed by atoms with Gasteiger partial charge in [-0.1, -0.05) is 12.6 Å². The van der Waals surface area contributed by atoms with Gasteiger partial charge in [0.15, 0.2) is 0 Å². The second kappa shape index (κ2) is 8.70. The summed E-state index contributed by atoms with van der Waals surface area (Å²) in [6, 6.07) is 6.92. The van der Waals surface area contributed by atoms with Crippen LogP contribution in [0.15, 0.2) is 48.0 Å². The molecule has 1 atom stereocenters. The van der Waals surface area contributed by atoms with Gasteiger partial charge in [-0.05, 0) is 82.0 Å². The molecule has 0 unspecified atom stereocenters. The summed E-state index contributed by atoms with van der Waals surface area (Å²) in [5, 5.41) is 4.12. The van der Waals surface area contributed by atoms with Crippen LogP contribution >= 0.6 is 0 Å². The summed E-state index contributed by atoms with van der Waals surface area (Å²) >= 11 is 0. The summed E-state index contributed by atoms with van der Waals surface area (Å²) in [5.74, 6) is -0.501. The van der Waals surface area contributed by atoms with Crippen molar-refractivity contribution in [2.24, 2.45) is 0 Å². The summed E-state index contributed by atoms with van der Waals surface area (Å²) in [6.45, 7) is 14.0. The number of nitrogens with zero attached hydrogens (tertiary/aromatic N) is 3. The Balaban J connectivity index is 0.00000342. The predicted molar refractivity (Wildman–Crippen MR) is 136 cm³/mol. The third-order valence-electron chi connectivity index (χ3n) is 7.06. The topological polar surface area (TPSA) is 67.2 Å². The van der Waals surface area contributed by atoms with Gasteiger partial charge in [-0.15, -0.1) is 0 Å². The van der Waals surface area contributed by atoms with Gasteiger partial charge in [-0.25, -0.2) is 9.37 Å². The zero-order chi connectivity index (χ0) is 24.8. The number of hydrogen-bond donors (Lipinski definition) is 1. The monoisotopic (exact) mass is 464 g/mol. The number of likely N-dealkylation sites (tertiary alicyclic amines) is 1. The molecule has 180 valence electrons. The van der Waals surface area contributed by atoms with Crippen molar-refractivity contribution in [3.8, 4) is 0 Å². The third kappa shape index (κ3) is 3.79. The van der Waals surface area contributed by atoms with Crippen molar-refractivity contribution in [2.75, 3.05) is 18.4 Å². The Labute approximate surface area is 200 Å². The van der Waals surface area contributed by atoms with Crippen molar-refractivity contribution in [3.05, 3.63) is 81.7 Å². The lowest BCUT2D eigenvalue weighted by molar-refractivity contribution is -0.125. The molecular weight excluding hydrogens is 431 g/mol. The average Bonchev–Trinajstić information content (AvgIpc) is 3.22. The van der Waals surface area contributed by atoms with E-state index in [1.165, 1.54) is 12.1 Å². The van der Waals surface area contributed by atoms with E-state index in [0.717, 1.165) is 22.4 Å². The van der Waals surface area contributed by atoms with Crippen molar-refractivity contribution in [1.82, 2.24) is 14.5 Å². The number of fused-ring (bicyclic) bond motifs is 1. The van der Waals surface area contributed by atoms with E-state index in [-0.39, 0.29) is 24.8 Å². The van der Waals surface area contributed by atoms with Gasteiger partial charge >= 0.3 is 0 Å². The Morgan fingerprint density at radius 1 is 1.24 bits per heavy atom. The number of halogens is 1. The highest BCUT2D eigenvalue weighted by atomic mass is 19.1. The van der Waals surface area contributed by atoms with E-state index in [0.29, 0.717) is 36.0 Å². The number of rotatable bonds is 5. The van der Waals surface area contributed by atoms with Gasteiger partial charge in [0.2, 0.25) is 5.91 Å². The second-order valence-corrected chi connectivity index (χ2v) is 9.47. The summed E-state index contributed by atoms with van der Waals surface area (Å²) in [4.78, 5) is 31.8. The Morgan fingerprint density at radius 3 is 2.65 bits per heavy atom. The molecule has 1 amide bonds. The Kier molecular flexibility index (Phi) is 6.06. The average molecular weight is 465 g/mol. The Hall–Kier alpha value is -3.48. The second-order valence-electron chi connectivity index (χ2n) is 9.47. The van der Waals surface area contributed by atoms with Crippen LogP contribution in [0.1, 0.15) is 50.0 Å². The highest BCUT2D eigenvalue weighted by molar-refractivity contribution is 5.88. The first-order chi connectivity index (χ1) is 16.1. The molecule has 2 heterocycles. The smallest absolute Gasteiger partial charge is 0.261 e. The van der Waals surface area contributed by atoms with Crippen LogP contribution in [0.25, 0.3) is 10.9 Å². The standard InChI is InChI=1S/C27H31FN4O2.H2/c1-7-23(33)31-13-12-27(14-31,25-18(5)17(4)8-9-20(25)28)30-21-10-11-22-24(19(21)6)26(34)32(15-29-22)16(2)3;/h7-11,15-16,30H,1,12-14H2,2-6H3;1H/t27-;/m1./s1. The van der Waals surface area contributed by atoms with Crippen molar-refractivity contribution < 1.29 is 10.6 Å². The molecule has 3 aromatic rings. The van der Waals surface area contributed by atoms with E-state index in [1.54, 1.807) is 21.9 Å². The molecule has 0 bridgehead atoms. The lowest BCUT2D eigenvalue weighted by Gasteiger charge is -2.35. The molecular formula is C27H33FN4O2. The maximum Gasteiger partial charge on any atom is 0.261 e. The first-order valence-corrected chi connectivity index (χ1v) is 11.6. The van der Waals surface area contributed by atoms with Crippen molar-refractivity contribution in [2.45, 2.75) is 52.6 Å². The summed E-state index contributed by atoms with van der Waals surface area (Å²) in [6.07, 6.45) is 3.38. The Morgan fingerprint density at radius 2 is 1.97 bits per heavy atom. The maximum absolute atomic E-state index is 15.4. The van der Waals surface area contributed by atoms with Crippen molar-refractivity contribution in [3.63, 3.8) is 0 Å². The molecule has 0 saturated carbocycles. The van der Waals surface area contributed by atoms with Crippen LogP contribution in [-0.4, -0.2) is 33.4 Å². The van der Waals surface area contributed by atoms with E-state index in [1.807, 2.05) is 46.8 Å². The SMILES string of the molecule is C=CC(=O)N1CC[C@](Nc2ccc3ncn(C(C)C)c(=O)c3c2C)(c2c(F)ccc(C)c2C)C1.[HH]. The minimum Gasteiger partial charge on any atom is -0.373 e. The fraction of sp³-hybridized carbons (Fsp3) is 0.370. The molecule has 0 radical (unpaired) electrons. The zero-order valence-electron chi connectivity index (χ0n) is 20.4. The van der Waals surface area contributed by atoms with Gasteiger partial charge in [-0.3, -0.25) is 14.2 Å². The van der Waals surface area contributed by atoms with E-state index >= 15 is 4.39 Å². The number of anilines is 1. The van der Waals surface area contributed by atoms with Crippen LogP contribution < -0.4 is 10.9 Å². The fourth-order valence-electron chi connectivity index (χ4n) is 5.01. The molecule has 1 aliphatic heterocycles. The van der Waals surface area contributed by atoms with Gasteiger partial charge in [0.25, 0.3) is 5.56 Å². The van der Waals surface area contributed by atoms with E-state index in [9.17, 15) is 9.59 Å². The van der Waals surface area contributed by atoms with Crippen LogP contribution in [0, 0.1) is 26.6 Å². The van der Waals surface area contributed by atoms with Crippen molar-refractivity contribution >= 4 is 22.5 Å². The van der Waals surface area contributed by atoms with Gasteiger partial charge in [-0.2, -0.15) is 0 Å². The summed E-state index contributed by atoms with van der Waals surface area (Å²) in [7, 11) is 0. The number of aryl methyl sites for hydroxylation is 2. The number of hydrogen-bond acceptors (Lipinski definition) is 4. The number of benzene rings is 2. The third-order valence-corrected chi connectivity index (χ3v) is 7.06. The molecule has 1 saturated heterocycles. The molecule has 6 nitrogen and oxygen atoms in total. The molecule has 1 aliphatic rings. The number of nitrogens with one attached hydrogen (secondary N) is 1. The highest BCUT2D eigenvalue weighted by Gasteiger charge is 2.44. The zero-order valence-corrected chi connectivity index (χ0v) is 20.4. The fourth-order valence-corrected chi connectivity index (χ4v) is 5.01. The highest BCUT2D eigenvalue weighted by Crippen LogP contribution is 2.41. The van der Waals surface area contributed by atoms with Crippen molar-refractivity contribution in [1.29, 1.82) is 0 Å². The molecule has 7 heteroatoms. The Bertz CT molecular complexity index is 1370. The lowest BCUT2D eigenvalue weighted by atomic mass is 9.83. The van der Waals surface area contributed by atoms with Crippen LogP contribution in [0.3, 0.4) is 0 Å². The predicted octanol–water partition coefficient (Wildman–Crippen LogP) is 5.01. The van der Waals surface area contributed by atoms with Gasteiger partial charge in [0.1, 0.15) is 5.82 Å². The normalized spacial score (nSPS) is 18.0. The van der Waals surface area contributed by atoms with E-state index in [4.69, 9.17) is 0 Å². The quantitative estimate of drug-likeness (QED) is 0.539. The molecule has 4 rings (SSSR count). The first-order valence-electron chi connectivity index (χ1n) is 11.6. The lowest BCUT2D eigenvalue weighted by Crippen LogP contribution is -2.41. The van der Waals surface area contributed by atoms with E-state index in [2.05, 4.69) is 16.9 Å². The molecule has 34 heavy (non-hydrogen) atoms. The molecule has 1 N–H and O–H groups in total. The molecule has 1 fully saturated rings. The molecule has 2 aromatic carbocycles. The number of aromatic nitrogens is 2. The number of carbonyl (C=O) groups is 1. The van der Waals surface area contributed by atoms with Crippen LogP contribution in [-0.2, 0) is 10.3 Å². The van der Waals surface area contributed by atoms with Gasteiger partial charge in [0, 0.05) is 31.8 Å². The van der Waals surface area contributed by atoms with E-state index < -0.39 is 5.54 Å². The van der Waals surface area contributed by atoms with Crippen LogP contribution in [0.5, 0.6) is 0 Å². The van der Waals surface area contributed by atoms with Gasteiger partial charge in [0.05, 0.1) is 22.8 Å². The maximum atomic E-state index is 15.4.